The van der Waals surface area contributed by atoms with Crippen LogP contribution in [0.1, 0.15) is 75.1 Å². The number of nitrogens with zero attached hydrogens (tertiary/aromatic N) is 4. The van der Waals surface area contributed by atoms with E-state index in [1.807, 2.05) is 6.92 Å². The van der Waals surface area contributed by atoms with Gasteiger partial charge in [-0.15, -0.1) is 0 Å². The van der Waals surface area contributed by atoms with E-state index in [4.69, 9.17) is 4.98 Å². The van der Waals surface area contributed by atoms with Gasteiger partial charge in [-0.1, -0.05) is 46.2 Å². The van der Waals surface area contributed by atoms with Crippen LogP contribution in [0.25, 0.3) is 11.0 Å². The summed E-state index contributed by atoms with van der Waals surface area (Å²) >= 11 is 0. The van der Waals surface area contributed by atoms with Crippen molar-refractivity contribution < 1.29 is 9.18 Å². The molecule has 5 nitrogen and oxygen atoms in total. The van der Waals surface area contributed by atoms with Gasteiger partial charge in [0.05, 0.1) is 17.6 Å². The second-order valence-corrected chi connectivity index (χ2v) is 8.96. The molecule has 0 radical (unpaired) electrons. The number of imidazole rings is 1. The molecule has 3 rings (SSSR count). The van der Waals surface area contributed by atoms with Crippen molar-refractivity contribution in [3.05, 3.63) is 65.2 Å². The molecule has 1 aromatic heterocycles. The lowest BCUT2D eigenvalue weighted by Gasteiger charge is -2.22. The van der Waals surface area contributed by atoms with Gasteiger partial charge in [-0.3, -0.25) is 9.69 Å². The van der Waals surface area contributed by atoms with Gasteiger partial charge in [0.2, 0.25) is 0 Å². The maximum atomic E-state index is 13.7. The number of unbranched alkanes of at least 4 members (excludes halogenated alkanes) is 1. The fourth-order valence-electron chi connectivity index (χ4n) is 4.40. The summed E-state index contributed by atoms with van der Waals surface area (Å²) in [6.07, 6.45) is 4.21. The Morgan fingerprint density at radius 3 is 2.47 bits per heavy atom. The lowest BCUT2D eigenvalue weighted by molar-refractivity contribution is 0.0736. The molecule has 0 aliphatic heterocycles. The van der Waals surface area contributed by atoms with Gasteiger partial charge in [0.1, 0.15) is 11.6 Å². The monoisotopic (exact) mass is 466 g/mol. The van der Waals surface area contributed by atoms with Crippen molar-refractivity contribution in [2.24, 2.45) is 0 Å². The number of halogens is 1. The molecule has 0 N–H and O–H groups in total. The van der Waals surface area contributed by atoms with Gasteiger partial charge < -0.3 is 9.47 Å². The van der Waals surface area contributed by atoms with Crippen LogP contribution in [0.4, 0.5) is 4.39 Å². The zero-order chi connectivity index (χ0) is 24.5. The molecule has 0 saturated carbocycles. The molecular weight excluding hydrogens is 427 g/mol. The molecule has 0 unspecified atom stereocenters. The quantitative estimate of drug-likeness (QED) is 0.299. The molecule has 0 atom stereocenters. The van der Waals surface area contributed by atoms with Gasteiger partial charge in [-0.25, -0.2) is 9.37 Å². The molecule has 0 spiro atoms. The number of aromatic nitrogens is 2. The van der Waals surface area contributed by atoms with Gasteiger partial charge in [-0.2, -0.15) is 0 Å². The number of carbonyl (C=O) groups excluding carboxylic acids is 1. The number of amides is 1. The molecule has 0 aliphatic rings. The van der Waals surface area contributed by atoms with E-state index in [0.29, 0.717) is 18.7 Å². The van der Waals surface area contributed by atoms with E-state index in [1.54, 1.807) is 17.0 Å². The number of hydrogen-bond donors (Lipinski definition) is 0. The van der Waals surface area contributed by atoms with Crippen molar-refractivity contribution in [2.75, 3.05) is 19.6 Å². The number of hydrogen-bond acceptors (Lipinski definition) is 3. The third-order valence-electron chi connectivity index (χ3n) is 6.20. The molecule has 1 heterocycles. The molecule has 1 amide bonds. The van der Waals surface area contributed by atoms with E-state index >= 15 is 0 Å². The first-order chi connectivity index (χ1) is 16.5. The van der Waals surface area contributed by atoms with Gasteiger partial charge >= 0.3 is 0 Å². The van der Waals surface area contributed by atoms with Crippen LogP contribution < -0.4 is 0 Å². The molecule has 184 valence electrons. The van der Waals surface area contributed by atoms with Gasteiger partial charge in [0, 0.05) is 25.2 Å². The first-order valence-electron chi connectivity index (χ1n) is 12.8. The average Bonchev–Trinajstić information content (AvgIpc) is 3.17. The fourth-order valence-corrected chi connectivity index (χ4v) is 4.40. The normalized spacial score (nSPS) is 11.5. The lowest BCUT2D eigenvalue weighted by Crippen LogP contribution is -2.32. The van der Waals surface area contributed by atoms with Gasteiger partial charge in [-0.05, 0) is 68.2 Å². The van der Waals surface area contributed by atoms with Gasteiger partial charge in [0.15, 0.2) is 0 Å². The molecule has 0 bridgehead atoms. The van der Waals surface area contributed by atoms with E-state index in [2.05, 4.69) is 48.4 Å². The van der Waals surface area contributed by atoms with E-state index in [1.165, 1.54) is 30.5 Å². The SMILES string of the molecule is CCCCN(CC)Cc1ccc2c(c1)nc(CN(CCC)C(=O)c1cccc(F)c1)n2CCC. The molecule has 0 fully saturated rings. The minimum atomic E-state index is -0.395. The fraction of sp³-hybridized carbons (Fsp3) is 0.500. The first kappa shape index (κ1) is 25.9. The summed E-state index contributed by atoms with van der Waals surface area (Å²) in [5, 5.41) is 0. The van der Waals surface area contributed by atoms with Crippen molar-refractivity contribution in [1.29, 1.82) is 0 Å². The van der Waals surface area contributed by atoms with Crippen LogP contribution in [0.5, 0.6) is 0 Å². The molecule has 2 aromatic carbocycles. The number of rotatable bonds is 13. The number of fused-ring (bicyclic) bond motifs is 1. The Morgan fingerprint density at radius 2 is 1.79 bits per heavy atom. The van der Waals surface area contributed by atoms with Crippen LogP contribution in [0.2, 0.25) is 0 Å². The van der Waals surface area contributed by atoms with Crippen LogP contribution in [-0.4, -0.2) is 44.9 Å². The molecule has 0 aliphatic carbocycles. The molecule has 0 saturated heterocycles. The topological polar surface area (TPSA) is 41.4 Å². The van der Waals surface area contributed by atoms with Crippen molar-refractivity contribution in [3.63, 3.8) is 0 Å². The summed E-state index contributed by atoms with van der Waals surface area (Å²) < 4.78 is 16.0. The van der Waals surface area contributed by atoms with E-state index in [9.17, 15) is 9.18 Å². The van der Waals surface area contributed by atoms with Crippen molar-refractivity contribution in [1.82, 2.24) is 19.4 Å². The zero-order valence-electron chi connectivity index (χ0n) is 21.2. The Morgan fingerprint density at radius 1 is 0.971 bits per heavy atom. The summed E-state index contributed by atoms with van der Waals surface area (Å²) in [6, 6.07) is 12.5. The maximum absolute atomic E-state index is 13.7. The summed E-state index contributed by atoms with van der Waals surface area (Å²) in [5.41, 5.74) is 3.72. The Bertz CT molecular complexity index is 1080. The standard InChI is InChI=1S/C28H39FN4O/c1-5-9-17-31(8-4)20-22-13-14-26-25(18-22)30-27(33(26)16-7-3)21-32(15-6-2)28(34)23-11-10-12-24(29)19-23/h10-14,18-19H,5-9,15-17,20-21H2,1-4H3. The van der Waals surface area contributed by atoms with E-state index in [0.717, 1.165) is 55.9 Å². The van der Waals surface area contributed by atoms with Crippen LogP contribution >= 0.6 is 0 Å². The molecule has 34 heavy (non-hydrogen) atoms. The number of aryl methyl sites for hydroxylation is 1. The highest BCUT2D eigenvalue weighted by atomic mass is 19.1. The largest absolute Gasteiger partial charge is 0.331 e. The summed E-state index contributed by atoms with van der Waals surface area (Å²) in [4.78, 5) is 22.4. The third kappa shape index (κ3) is 6.44. The van der Waals surface area contributed by atoms with E-state index in [-0.39, 0.29) is 5.91 Å². The minimum Gasteiger partial charge on any atom is -0.331 e. The van der Waals surface area contributed by atoms with Crippen LogP contribution in [0.3, 0.4) is 0 Å². The highest BCUT2D eigenvalue weighted by Crippen LogP contribution is 2.22. The first-order valence-corrected chi connectivity index (χ1v) is 12.8. The Labute approximate surface area is 203 Å². The minimum absolute atomic E-state index is 0.161. The smallest absolute Gasteiger partial charge is 0.254 e. The summed E-state index contributed by atoms with van der Waals surface area (Å²) in [6.45, 7) is 13.5. The Kier molecular flexibility index (Phi) is 9.63. The van der Waals surface area contributed by atoms with Crippen molar-refractivity contribution in [3.8, 4) is 0 Å². The van der Waals surface area contributed by atoms with E-state index < -0.39 is 5.82 Å². The molecular formula is C28H39FN4O. The Hall–Kier alpha value is -2.73. The van der Waals surface area contributed by atoms with Crippen LogP contribution in [-0.2, 0) is 19.6 Å². The zero-order valence-corrected chi connectivity index (χ0v) is 21.2. The summed E-state index contributed by atoms with van der Waals surface area (Å²) in [5.74, 6) is 0.324. The highest BCUT2D eigenvalue weighted by molar-refractivity contribution is 5.94. The predicted molar refractivity (Wildman–Crippen MR) is 137 cm³/mol. The number of carbonyl (C=O) groups is 1. The predicted octanol–water partition coefficient (Wildman–Crippen LogP) is 6.26. The lowest BCUT2D eigenvalue weighted by atomic mass is 10.1. The second-order valence-electron chi connectivity index (χ2n) is 8.96. The van der Waals surface area contributed by atoms with Crippen LogP contribution in [0, 0.1) is 5.82 Å². The Balaban J connectivity index is 1.89. The van der Waals surface area contributed by atoms with Crippen molar-refractivity contribution >= 4 is 16.9 Å². The molecule has 6 heteroatoms. The second kappa shape index (κ2) is 12.7. The van der Waals surface area contributed by atoms with Gasteiger partial charge in [0.25, 0.3) is 5.91 Å². The number of benzene rings is 2. The average molecular weight is 467 g/mol. The van der Waals surface area contributed by atoms with Crippen molar-refractivity contribution in [2.45, 2.75) is 73.0 Å². The van der Waals surface area contributed by atoms with Crippen LogP contribution in [0.15, 0.2) is 42.5 Å². The third-order valence-corrected chi connectivity index (χ3v) is 6.20. The highest BCUT2D eigenvalue weighted by Gasteiger charge is 2.20. The maximum Gasteiger partial charge on any atom is 0.254 e. The summed E-state index contributed by atoms with van der Waals surface area (Å²) in [7, 11) is 0. The molecule has 3 aromatic rings.